The molecule has 0 bridgehead atoms. The summed E-state index contributed by atoms with van der Waals surface area (Å²) in [6.45, 7) is 8.30. The molecule has 0 saturated carbocycles. The standard InChI is InChI=1S/C14H20BrNO3Si/c1-10-6-7-11(18-9-17-2)14(15)13(10)12(8-16)19-20(3,4)5/h6-7,12H,9H2,1-5H3. The van der Waals surface area contributed by atoms with Crippen molar-refractivity contribution < 1.29 is 13.9 Å². The molecule has 20 heavy (non-hydrogen) atoms. The van der Waals surface area contributed by atoms with Gasteiger partial charge in [0.1, 0.15) is 5.75 Å². The third-order valence-corrected chi connectivity index (χ3v) is 4.31. The minimum absolute atomic E-state index is 0.160. The number of benzene rings is 1. The van der Waals surface area contributed by atoms with Crippen LogP contribution in [0.1, 0.15) is 17.2 Å². The summed E-state index contributed by atoms with van der Waals surface area (Å²) in [7, 11) is -0.257. The van der Waals surface area contributed by atoms with Gasteiger partial charge in [-0.1, -0.05) is 6.07 Å². The van der Waals surface area contributed by atoms with Crippen molar-refractivity contribution >= 4 is 24.2 Å². The second kappa shape index (κ2) is 7.23. The lowest BCUT2D eigenvalue weighted by Crippen LogP contribution is -2.28. The maximum Gasteiger partial charge on any atom is 0.188 e. The lowest BCUT2D eigenvalue weighted by atomic mass is 10.0. The first-order valence-electron chi connectivity index (χ1n) is 6.28. The number of ether oxygens (including phenoxy) is 2. The molecule has 0 saturated heterocycles. The Morgan fingerprint density at radius 2 is 2.00 bits per heavy atom. The van der Waals surface area contributed by atoms with E-state index in [1.807, 2.05) is 19.1 Å². The minimum atomic E-state index is -1.82. The average Bonchev–Trinajstić information content (AvgIpc) is 2.35. The van der Waals surface area contributed by atoms with Crippen LogP contribution in [0.4, 0.5) is 0 Å². The first kappa shape index (κ1) is 17.2. The summed E-state index contributed by atoms with van der Waals surface area (Å²) in [6, 6.07) is 6.01. The van der Waals surface area contributed by atoms with Crippen LogP contribution in [-0.4, -0.2) is 22.2 Å². The highest BCUT2D eigenvalue weighted by molar-refractivity contribution is 9.10. The van der Waals surface area contributed by atoms with E-state index in [9.17, 15) is 5.26 Å². The number of nitrogens with zero attached hydrogens (tertiary/aromatic N) is 1. The van der Waals surface area contributed by atoms with Crippen LogP contribution in [-0.2, 0) is 9.16 Å². The van der Waals surface area contributed by atoms with Crippen LogP contribution in [0.3, 0.4) is 0 Å². The van der Waals surface area contributed by atoms with Crippen LogP contribution in [0.5, 0.6) is 5.75 Å². The van der Waals surface area contributed by atoms with Gasteiger partial charge in [0.2, 0.25) is 0 Å². The van der Waals surface area contributed by atoms with Gasteiger partial charge in [-0.25, -0.2) is 0 Å². The zero-order chi connectivity index (χ0) is 15.3. The molecule has 1 aromatic carbocycles. The van der Waals surface area contributed by atoms with Crippen molar-refractivity contribution in [3.8, 4) is 11.8 Å². The molecule has 0 radical (unpaired) electrons. The van der Waals surface area contributed by atoms with Crippen molar-refractivity contribution in [2.24, 2.45) is 0 Å². The molecule has 0 aromatic heterocycles. The van der Waals surface area contributed by atoms with Crippen LogP contribution >= 0.6 is 15.9 Å². The van der Waals surface area contributed by atoms with Crippen LogP contribution in [0, 0.1) is 18.3 Å². The van der Waals surface area contributed by atoms with Crippen molar-refractivity contribution in [2.45, 2.75) is 32.7 Å². The molecule has 1 unspecified atom stereocenters. The summed E-state index contributed by atoms with van der Waals surface area (Å²) in [4.78, 5) is 0. The van der Waals surface area contributed by atoms with Crippen molar-refractivity contribution in [1.29, 1.82) is 5.26 Å². The topological polar surface area (TPSA) is 51.5 Å². The van der Waals surface area contributed by atoms with Gasteiger partial charge < -0.3 is 13.9 Å². The lowest BCUT2D eigenvalue weighted by Gasteiger charge is -2.24. The SMILES string of the molecule is COCOc1ccc(C)c(C(C#N)O[Si](C)(C)C)c1Br. The Hall–Kier alpha value is -0.873. The molecule has 0 fully saturated rings. The number of halogens is 1. The highest BCUT2D eigenvalue weighted by Crippen LogP contribution is 2.37. The zero-order valence-electron chi connectivity index (χ0n) is 12.5. The lowest BCUT2D eigenvalue weighted by molar-refractivity contribution is 0.0504. The molecule has 1 aromatic rings. The van der Waals surface area contributed by atoms with Crippen LogP contribution in [0.15, 0.2) is 16.6 Å². The fourth-order valence-corrected chi connectivity index (χ4v) is 3.37. The molecule has 0 aliphatic heterocycles. The van der Waals surface area contributed by atoms with Gasteiger partial charge in [-0.3, -0.25) is 0 Å². The number of hydrogen-bond acceptors (Lipinski definition) is 4. The van der Waals surface area contributed by atoms with Crippen molar-refractivity contribution in [3.63, 3.8) is 0 Å². The molecule has 0 aliphatic rings. The summed E-state index contributed by atoms with van der Waals surface area (Å²) >= 11 is 3.52. The number of methoxy groups -OCH3 is 1. The highest BCUT2D eigenvalue weighted by atomic mass is 79.9. The van der Waals surface area contributed by atoms with E-state index in [0.29, 0.717) is 5.75 Å². The Morgan fingerprint density at radius 1 is 1.35 bits per heavy atom. The minimum Gasteiger partial charge on any atom is -0.466 e. The molecule has 0 heterocycles. The van der Waals surface area contributed by atoms with Gasteiger partial charge >= 0.3 is 0 Å². The van der Waals surface area contributed by atoms with Gasteiger partial charge in [-0.15, -0.1) is 0 Å². The Labute approximate surface area is 129 Å². The Kier molecular flexibility index (Phi) is 6.21. The Bertz CT molecular complexity index is 508. The molecule has 1 atom stereocenters. The van der Waals surface area contributed by atoms with E-state index in [0.717, 1.165) is 15.6 Å². The van der Waals surface area contributed by atoms with Gasteiger partial charge in [0, 0.05) is 12.7 Å². The predicted octanol–water partition coefficient (Wildman–Crippen LogP) is 4.16. The van der Waals surface area contributed by atoms with Crippen LogP contribution < -0.4 is 4.74 Å². The summed E-state index contributed by atoms with van der Waals surface area (Å²) in [5, 5.41) is 9.42. The third kappa shape index (κ3) is 4.60. The fraction of sp³-hybridized carbons (Fsp3) is 0.500. The third-order valence-electron chi connectivity index (χ3n) is 2.55. The molecule has 4 nitrogen and oxygen atoms in total. The number of nitriles is 1. The normalized spacial score (nSPS) is 12.8. The first-order chi connectivity index (χ1) is 9.30. The molecule has 110 valence electrons. The quantitative estimate of drug-likeness (QED) is 0.566. The molecular weight excluding hydrogens is 338 g/mol. The first-order valence-corrected chi connectivity index (χ1v) is 10.5. The van der Waals surface area contributed by atoms with Gasteiger partial charge in [-0.2, -0.15) is 5.26 Å². The maximum atomic E-state index is 9.42. The van der Waals surface area contributed by atoms with Gasteiger partial charge in [0.25, 0.3) is 0 Å². The molecule has 0 aliphatic carbocycles. The van der Waals surface area contributed by atoms with Crippen molar-refractivity contribution in [2.75, 3.05) is 13.9 Å². The monoisotopic (exact) mass is 357 g/mol. The summed E-state index contributed by atoms with van der Waals surface area (Å²) in [6.07, 6.45) is -0.595. The van der Waals surface area contributed by atoms with E-state index in [4.69, 9.17) is 13.9 Å². The number of hydrogen-bond donors (Lipinski definition) is 0. The van der Waals surface area contributed by atoms with E-state index >= 15 is 0 Å². The van der Waals surface area contributed by atoms with Crippen molar-refractivity contribution in [3.05, 3.63) is 27.7 Å². The fourth-order valence-electron chi connectivity index (χ4n) is 1.73. The summed E-state index contributed by atoms with van der Waals surface area (Å²) < 4.78 is 17.1. The van der Waals surface area contributed by atoms with E-state index in [-0.39, 0.29) is 6.79 Å². The second-order valence-corrected chi connectivity index (χ2v) is 10.7. The van der Waals surface area contributed by atoms with Crippen molar-refractivity contribution in [1.82, 2.24) is 0 Å². The molecule has 0 spiro atoms. The van der Waals surface area contributed by atoms with Crippen LogP contribution in [0.2, 0.25) is 19.6 Å². The van der Waals surface area contributed by atoms with Gasteiger partial charge in [0.15, 0.2) is 21.2 Å². The molecule has 0 amide bonds. The zero-order valence-corrected chi connectivity index (χ0v) is 15.1. The Morgan fingerprint density at radius 3 is 2.50 bits per heavy atom. The van der Waals surface area contributed by atoms with E-state index < -0.39 is 14.4 Å². The molecule has 1 rings (SSSR count). The second-order valence-electron chi connectivity index (χ2n) is 5.40. The highest BCUT2D eigenvalue weighted by Gasteiger charge is 2.26. The molecular formula is C14H20BrNO3Si. The van der Waals surface area contributed by atoms with E-state index in [1.54, 1.807) is 7.11 Å². The summed E-state index contributed by atoms with van der Waals surface area (Å²) in [5.41, 5.74) is 1.81. The van der Waals surface area contributed by atoms with Gasteiger partial charge in [-0.05, 0) is 54.1 Å². The number of aryl methyl sites for hydroxylation is 1. The number of rotatable bonds is 6. The van der Waals surface area contributed by atoms with E-state index in [2.05, 4.69) is 41.6 Å². The Balaban J connectivity index is 3.18. The smallest absolute Gasteiger partial charge is 0.188 e. The largest absolute Gasteiger partial charge is 0.466 e. The average molecular weight is 358 g/mol. The maximum absolute atomic E-state index is 9.42. The summed E-state index contributed by atoms with van der Waals surface area (Å²) in [5.74, 6) is 0.645. The van der Waals surface area contributed by atoms with E-state index in [1.165, 1.54) is 0 Å². The molecule has 0 N–H and O–H groups in total. The molecule has 6 heteroatoms. The van der Waals surface area contributed by atoms with Gasteiger partial charge in [0.05, 0.1) is 10.5 Å². The van der Waals surface area contributed by atoms with Crippen LogP contribution in [0.25, 0.3) is 0 Å². The predicted molar refractivity (Wildman–Crippen MR) is 84.2 cm³/mol.